The molecule has 23 heavy (non-hydrogen) atoms. The number of benzene rings is 2. The van der Waals surface area contributed by atoms with E-state index in [9.17, 15) is 13.2 Å². The SMILES string of the molecule is O=C(CCl)Nc1cccc(NC2=NS(=O)(=O)c3ccccc32)c1. The topological polar surface area (TPSA) is 87.6 Å². The Labute approximate surface area is 138 Å². The predicted octanol–water partition coefficient (Wildman–Crippen LogP) is 2.42. The van der Waals surface area contributed by atoms with Crippen LogP contribution in [0.3, 0.4) is 0 Å². The minimum atomic E-state index is -3.67. The van der Waals surface area contributed by atoms with E-state index in [1.54, 1.807) is 42.5 Å². The highest BCUT2D eigenvalue weighted by molar-refractivity contribution is 7.90. The predicted molar refractivity (Wildman–Crippen MR) is 89.6 cm³/mol. The van der Waals surface area contributed by atoms with E-state index in [2.05, 4.69) is 15.0 Å². The quantitative estimate of drug-likeness (QED) is 0.833. The highest BCUT2D eigenvalue weighted by Gasteiger charge is 2.28. The summed E-state index contributed by atoms with van der Waals surface area (Å²) in [6, 6.07) is 13.4. The molecule has 0 radical (unpaired) electrons. The number of nitrogens with one attached hydrogen (secondary N) is 2. The van der Waals surface area contributed by atoms with Crippen molar-refractivity contribution in [2.24, 2.45) is 4.40 Å². The van der Waals surface area contributed by atoms with Crippen molar-refractivity contribution in [1.29, 1.82) is 0 Å². The standard InChI is InChI=1S/C15H12ClN3O3S/c16-9-14(20)17-10-4-3-5-11(8-10)18-15-12-6-1-2-7-13(12)23(21,22)19-15/h1-8H,9H2,(H,17,20)(H,18,19). The molecule has 1 heterocycles. The molecule has 0 aliphatic carbocycles. The maximum Gasteiger partial charge on any atom is 0.285 e. The van der Waals surface area contributed by atoms with E-state index in [0.717, 1.165) is 0 Å². The zero-order chi connectivity index (χ0) is 16.4. The number of halogens is 1. The second-order valence-electron chi connectivity index (χ2n) is 4.80. The fourth-order valence-corrected chi connectivity index (χ4v) is 3.44. The van der Waals surface area contributed by atoms with Gasteiger partial charge < -0.3 is 10.6 Å². The van der Waals surface area contributed by atoms with Crippen molar-refractivity contribution in [2.45, 2.75) is 4.90 Å². The molecule has 3 rings (SSSR count). The first-order valence-corrected chi connectivity index (χ1v) is 8.64. The van der Waals surface area contributed by atoms with Crippen LogP contribution in [-0.4, -0.2) is 26.0 Å². The molecule has 1 aliphatic heterocycles. The van der Waals surface area contributed by atoms with Gasteiger partial charge in [-0.05, 0) is 30.3 Å². The molecule has 118 valence electrons. The third-order valence-electron chi connectivity index (χ3n) is 3.16. The number of hydrogen-bond donors (Lipinski definition) is 2. The summed E-state index contributed by atoms with van der Waals surface area (Å²) in [5, 5.41) is 5.59. The molecule has 0 spiro atoms. The Kier molecular flexibility index (Phi) is 4.06. The molecule has 2 aromatic rings. The van der Waals surface area contributed by atoms with Gasteiger partial charge in [0.25, 0.3) is 10.0 Å². The van der Waals surface area contributed by atoms with E-state index in [1.165, 1.54) is 6.07 Å². The number of sulfonamides is 1. The fraction of sp³-hybridized carbons (Fsp3) is 0.0667. The van der Waals surface area contributed by atoms with Gasteiger partial charge in [-0.25, -0.2) is 0 Å². The zero-order valence-corrected chi connectivity index (χ0v) is 13.4. The molecule has 2 N–H and O–H groups in total. The van der Waals surface area contributed by atoms with Gasteiger partial charge in [0.1, 0.15) is 10.8 Å². The fourth-order valence-electron chi connectivity index (χ4n) is 2.20. The van der Waals surface area contributed by atoms with E-state index < -0.39 is 10.0 Å². The van der Waals surface area contributed by atoms with Crippen LogP contribution < -0.4 is 10.6 Å². The second-order valence-corrected chi connectivity index (χ2v) is 6.64. The van der Waals surface area contributed by atoms with Crippen LogP contribution in [0.15, 0.2) is 57.8 Å². The van der Waals surface area contributed by atoms with Crippen molar-refractivity contribution in [3.05, 3.63) is 54.1 Å². The van der Waals surface area contributed by atoms with Gasteiger partial charge in [0, 0.05) is 16.9 Å². The molecule has 0 saturated carbocycles. The molecular formula is C15H12ClN3O3S. The number of fused-ring (bicyclic) bond motifs is 1. The van der Waals surface area contributed by atoms with E-state index >= 15 is 0 Å². The minimum absolute atomic E-state index is 0.143. The molecule has 0 saturated heterocycles. The smallest absolute Gasteiger partial charge is 0.285 e. The Bertz CT molecular complexity index is 910. The van der Waals surface area contributed by atoms with E-state index in [-0.39, 0.29) is 22.5 Å². The van der Waals surface area contributed by atoms with Crippen LogP contribution in [0.4, 0.5) is 11.4 Å². The molecular weight excluding hydrogens is 338 g/mol. The molecule has 1 aliphatic rings. The lowest BCUT2D eigenvalue weighted by atomic mass is 10.2. The molecule has 0 atom stereocenters. The highest BCUT2D eigenvalue weighted by atomic mass is 35.5. The van der Waals surface area contributed by atoms with Gasteiger partial charge >= 0.3 is 0 Å². The molecule has 8 heteroatoms. The average Bonchev–Trinajstić information content (AvgIpc) is 2.79. The van der Waals surface area contributed by atoms with Crippen molar-refractivity contribution >= 4 is 44.7 Å². The van der Waals surface area contributed by atoms with Gasteiger partial charge in [0.05, 0.1) is 0 Å². The van der Waals surface area contributed by atoms with Crippen molar-refractivity contribution in [2.75, 3.05) is 16.5 Å². The zero-order valence-electron chi connectivity index (χ0n) is 11.8. The molecule has 2 aromatic carbocycles. The summed E-state index contributed by atoms with van der Waals surface area (Å²) in [5.74, 6) is -0.216. The second kappa shape index (κ2) is 6.02. The molecule has 0 bridgehead atoms. The van der Waals surface area contributed by atoms with Crippen molar-refractivity contribution in [3.63, 3.8) is 0 Å². The number of rotatable bonds is 3. The summed E-state index contributed by atoms with van der Waals surface area (Å²) in [5.41, 5.74) is 1.67. The number of hydrogen-bond acceptors (Lipinski definition) is 4. The van der Waals surface area contributed by atoms with Crippen LogP contribution in [0.2, 0.25) is 0 Å². The summed E-state index contributed by atoms with van der Waals surface area (Å²) < 4.78 is 27.8. The minimum Gasteiger partial charge on any atom is -0.339 e. The largest absolute Gasteiger partial charge is 0.339 e. The van der Waals surface area contributed by atoms with Crippen LogP contribution in [0.5, 0.6) is 0 Å². The summed E-state index contributed by atoms with van der Waals surface area (Å²) in [6.07, 6.45) is 0. The van der Waals surface area contributed by atoms with Crippen LogP contribution >= 0.6 is 11.6 Å². The molecule has 0 aromatic heterocycles. The highest BCUT2D eigenvalue weighted by Crippen LogP contribution is 2.27. The first kappa shape index (κ1) is 15.5. The Morgan fingerprint density at radius 2 is 1.83 bits per heavy atom. The van der Waals surface area contributed by atoms with Crippen LogP contribution in [-0.2, 0) is 14.8 Å². The summed E-state index contributed by atoms with van der Waals surface area (Å²) in [4.78, 5) is 11.5. The monoisotopic (exact) mass is 349 g/mol. The lowest BCUT2D eigenvalue weighted by Crippen LogP contribution is -2.14. The Morgan fingerprint density at radius 1 is 1.09 bits per heavy atom. The van der Waals surface area contributed by atoms with Crippen molar-refractivity contribution in [1.82, 2.24) is 0 Å². The van der Waals surface area contributed by atoms with Gasteiger partial charge in [0.2, 0.25) is 5.91 Å². The molecule has 0 unspecified atom stereocenters. The van der Waals surface area contributed by atoms with Gasteiger partial charge in [-0.1, -0.05) is 18.2 Å². The average molecular weight is 350 g/mol. The molecule has 1 amide bonds. The number of alkyl halides is 1. The Morgan fingerprint density at radius 3 is 2.61 bits per heavy atom. The number of anilines is 2. The van der Waals surface area contributed by atoms with E-state index in [1.807, 2.05) is 0 Å². The Balaban J connectivity index is 1.89. The molecule has 6 nitrogen and oxygen atoms in total. The third-order valence-corrected chi connectivity index (χ3v) is 4.74. The number of nitrogens with zero attached hydrogens (tertiary/aromatic N) is 1. The van der Waals surface area contributed by atoms with Gasteiger partial charge in [-0.2, -0.15) is 8.42 Å². The summed E-state index contributed by atoms with van der Waals surface area (Å²) in [6.45, 7) is 0. The van der Waals surface area contributed by atoms with Gasteiger partial charge in [-0.3, -0.25) is 4.79 Å². The Hall–Kier alpha value is -2.38. The van der Waals surface area contributed by atoms with Gasteiger partial charge in [-0.15, -0.1) is 16.0 Å². The van der Waals surface area contributed by atoms with Gasteiger partial charge in [0.15, 0.2) is 5.84 Å². The normalized spacial score (nSPS) is 14.7. The first-order valence-electron chi connectivity index (χ1n) is 6.67. The van der Waals surface area contributed by atoms with Crippen LogP contribution in [0.1, 0.15) is 5.56 Å². The third kappa shape index (κ3) is 3.20. The van der Waals surface area contributed by atoms with E-state index in [4.69, 9.17) is 11.6 Å². The maximum absolute atomic E-state index is 12.0. The number of carbonyl (C=O) groups is 1. The first-order chi connectivity index (χ1) is 11.0. The summed E-state index contributed by atoms with van der Waals surface area (Å²) in [7, 11) is -3.67. The van der Waals surface area contributed by atoms with Crippen LogP contribution in [0, 0.1) is 0 Å². The number of carbonyl (C=O) groups excluding carboxylic acids is 1. The summed E-state index contributed by atoms with van der Waals surface area (Å²) >= 11 is 5.45. The van der Waals surface area contributed by atoms with Crippen LogP contribution in [0.25, 0.3) is 0 Å². The lowest BCUT2D eigenvalue weighted by molar-refractivity contribution is -0.113. The number of amidine groups is 1. The molecule has 0 fully saturated rings. The number of amides is 1. The lowest BCUT2D eigenvalue weighted by Gasteiger charge is -2.09. The maximum atomic E-state index is 12.0. The van der Waals surface area contributed by atoms with Crippen molar-refractivity contribution < 1.29 is 13.2 Å². The van der Waals surface area contributed by atoms with Crippen molar-refractivity contribution in [3.8, 4) is 0 Å². The van der Waals surface area contributed by atoms with E-state index in [0.29, 0.717) is 16.9 Å².